The zero-order valence-corrected chi connectivity index (χ0v) is 20.0. The third-order valence-corrected chi connectivity index (χ3v) is 6.29. The van der Waals surface area contributed by atoms with Crippen LogP contribution in [0.3, 0.4) is 0 Å². The van der Waals surface area contributed by atoms with Crippen molar-refractivity contribution in [3.8, 4) is 22.8 Å². The largest absolute Gasteiger partial charge is 0.492 e. The fourth-order valence-corrected chi connectivity index (χ4v) is 4.73. The first-order valence-electron chi connectivity index (χ1n) is 10.4. The van der Waals surface area contributed by atoms with Gasteiger partial charge in [0.1, 0.15) is 27.8 Å². The molecule has 4 aromatic rings. The van der Waals surface area contributed by atoms with E-state index in [9.17, 15) is 9.59 Å². The molecule has 0 saturated heterocycles. The number of thioether (sulfide) groups is 1. The fourth-order valence-electron chi connectivity index (χ4n) is 3.09. The Kier molecular flexibility index (Phi) is 7.60. The zero-order valence-electron chi connectivity index (χ0n) is 18.4. The van der Waals surface area contributed by atoms with Gasteiger partial charge in [-0.2, -0.15) is 4.68 Å². The SMILES string of the molecule is CCOC(=O)c1c(-c2ccco2)csc1NC(=O)CSc1nnnn1-c1ccccc1OCC. The average molecular weight is 500 g/mol. The second kappa shape index (κ2) is 11.0. The van der Waals surface area contributed by atoms with Crippen molar-refractivity contribution < 1.29 is 23.5 Å². The number of rotatable bonds is 10. The first kappa shape index (κ1) is 23.5. The molecule has 1 N–H and O–H groups in total. The molecule has 12 heteroatoms. The number of amides is 1. The van der Waals surface area contributed by atoms with Crippen molar-refractivity contribution in [2.75, 3.05) is 24.3 Å². The van der Waals surface area contributed by atoms with Gasteiger partial charge < -0.3 is 19.2 Å². The second-order valence-electron chi connectivity index (χ2n) is 6.66. The summed E-state index contributed by atoms with van der Waals surface area (Å²) in [6.07, 6.45) is 1.52. The molecule has 0 unspecified atom stereocenters. The molecule has 0 spiro atoms. The lowest BCUT2D eigenvalue weighted by Crippen LogP contribution is -2.17. The van der Waals surface area contributed by atoms with Crippen LogP contribution in [0.15, 0.2) is 57.6 Å². The van der Waals surface area contributed by atoms with Crippen LogP contribution in [-0.4, -0.2) is 51.1 Å². The molecule has 0 radical (unpaired) electrons. The number of hydrogen-bond donors (Lipinski definition) is 1. The number of benzene rings is 1. The molecule has 176 valence electrons. The molecular weight excluding hydrogens is 478 g/mol. The topological polar surface area (TPSA) is 121 Å². The highest BCUT2D eigenvalue weighted by Crippen LogP contribution is 2.36. The molecule has 0 bridgehead atoms. The number of nitrogens with zero attached hydrogens (tertiary/aromatic N) is 4. The molecule has 0 fully saturated rings. The Hall–Kier alpha value is -3.64. The number of nitrogens with one attached hydrogen (secondary N) is 1. The lowest BCUT2D eigenvalue weighted by Gasteiger charge is -2.10. The van der Waals surface area contributed by atoms with E-state index in [1.54, 1.807) is 24.4 Å². The average Bonchev–Trinajstić information content (AvgIpc) is 3.59. The van der Waals surface area contributed by atoms with Crippen LogP contribution in [0.25, 0.3) is 17.0 Å². The Balaban J connectivity index is 1.49. The number of ether oxygens (including phenoxy) is 2. The molecule has 1 aromatic carbocycles. The van der Waals surface area contributed by atoms with Crippen LogP contribution in [0.4, 0.5) is 5.00 Å². The van der Waals surface area contributed by atoms with E-state index in [-0.39, 0.29) is 23.8 Å². The maximum Gasteiger partial charge on any atom is 0.341 e. The molecular formula is C22H21N5O5S2. The molecule has 3 aromatic heterocycles. The van der Waals surface area contributed by atoms with Crippen LogP contribution in [0.2, 0.25) is 0 Å². The first-order valence-corrected chi connectivity index (χ1v) is 12.2. The predicted octanol–water partition coefficient (Wildman–Crippen LogP) is 4.29. The highest BCUT2D eigenvalue weighted by atomic mass is 32.2. The summed E-state index contributed by atoms with van der Waals surface area (Å²) < 4.78 is 17.8. The minimum absolute atomic E-state index is 0.0213. The number of aromatic nitrogens is 4. The maximum absolute atomic E-state index is 12.7. The predicted molar refractivity (Wildman–Crippen MR) is 128 cm³/mol. The van der Waals surface area contributed by atoms with Crippen LogP contribution >= 0.6 is 23.1 Å². The van der Waals surface area contributed by atoms with Crippen molar-refractivity contribution in [3.63, 3.8) is 0 Å². The summed E-state index contributed by atoms with van der Waals surface area (Å²) in [7, 11) is 0. The number of carbonyl (C=O) groups excluding carboxylic acids is 2. The fraction of sp³-hybridized carbons (Fsp3) is 0.227. The number of thiophene rings is 1. The van der Waals surface area contributed by atoms with Crippen molar-refractivity contribution >= 4 is 40.0 Å². The lowest BCUT2D eigenvalue weighted by atomic mass is 10.1. The van der Waals surface area contributed by atoms with Gasteiger partial charge in [-0.15, -0.1) is 16.4 Å². The van der Waals surface area contributed by atoms with Gasteiger partial charge in [0.2, 0.25) is 11.1 Å². The van der Waals surface area contributed by atoms with Crippen LogP contribution in [0.1, 0.15) is 24.2 Å². The number of para-hydroxylation sites is 2. The Morgan fingerprint density at radius 2 is 2.03 bits per heavy atom. The van der Waals surface area contributed by atoms with E-state index in [0.29, 0.717) is 39.5 Å². The Labute approximate surface area is 203 Å². The van der Waals surface area contributed by atoms with Crippen molar-refractivity contribution in [2.45, 2.75) is 19.0 Å². The summed E-state index contributed by atoms with van der Waals surface area (Å²) in [5.74, 6) is 0.312. The third kappa shape index (κ3) is 5.13. The van der Waals surface area contributed by atoms with Crippen molar-refractivity contribution in [1.82, 2.24) is 20.2 Å². The van der Waals surface area contributed by atoms with Gasteiger partial charge in [0.05, 0.1) is 25.2 Å². The van der Waals surface area contributed by atoms with Gasteiger partial charge in [-0.25, -0.2) is 4.79 Å². The van der Waals surface area contributed by atoms with Crippen molar-refractivity contribution in [2.24, 2.45) is 0 Å². The molecule has 0 aliphatic rings. The van der Waals surface area contributed by atoms with E-state index in [0.717, 1.165) is 11.8 Å². The Morgan fingerprint density at radius 3 is 2.79 bits per heavy atom. The molecule has 3 heterocycles. The minimum Gasteiger partial charge on any atom is -0.492 e. The molecule has 10 nitrogen and oxygen atoms in total. The summed E-state index contributed by atoms with van der Waals surface area (Å²) in [5, 5.41) is 17.2. The van der Waals surface area contributed by atoms with E-state index >= 15 is 0 Å². The number of anilines is 1. The summed E-state index contributed by atoms with van der Waals surface area (Å²) in [5.41, 5.74) is 1.49. The zero-order chi connectivity index (χ0) is 23.9. The summed E-state index contributed by atoms with van der Waals surface area (Å²) in [6, 6.07) is 10.8. The van der Waals surface area contributed by atoms with Gasteiger partial charge in [0.15, 0.2) is 0 Å². The van der Waals surface area contributed by atoms with Crippen LogP contribution in [0, 0.1) is 0 Å². The summed E-state index contributed by atoms with van der Waals surface area (Å²) in [4.78, 5) is 25.3. The van der Waals surface area contributed by atoms with Crippen LogP contribution in [0.5, 0.6) is 5.75 Å². The van der Waals surface area contributed by atoms with Crippen LogP contribution < -0.4 is 10.1 Å². The molecule has 0 aliphatic carbocycles. The summed E-state index contributed by atoms with van der Waals surface area (Å²) >= 11 is 2.38. The van der Waals surface area contributed by atoms with Crippen LogP contribution in [-0.2, 0) is 9.53 Å². The van der Waals surface area contributed by atoms with Gasteiger partial charge >= 0.3 is 5.97 Å². The number of hydrogen-bond acceptors (Lipinski definition) is 10. The molecule has 0 saturated carbocycles. The summed E-state index contributed by atoms with van der Waals surface area (Å²) in [6.45, 7) is 4.32. The third-order valence-electron chi connectivity index (χ3n) is 4.48. The lowest BCUT2D eigenvalue weighted by molar-refractivity contribution is -0.113. The number of esters is 1. The molecule has 0 aliphatic heterocycles. The molecule has 34 heavy (non-hydrogen) atoms. The van der Waals surface area contributed by atoms with Gasteiger partial charge in [-0.05, 0) is 48.5 Å². The Morgan fingerprint density at radius 1 is 1.18 bits per heavy atom. The monoisotopic (exact) mass is 499 g/mol. The Bertz CT molecular complexity index is 1270. The van der Waals surface area contributed by atoms with E-state index in [1.165, 1.54) is 22.3 Å². The number of carbonyl (C=O) groups is 2. The standard InChI is InChI=1S/C22H21N5O5S2/c1-3-30-17-9-6-5-8-15(17)27-22(24-25-26-27)34-13-18(28)23-20-19(21(29)31-4-2)14(12-33-20)16-10-7-11-32-16/h5-12H,3-4,13H2,1-2H3,(H,23,28). The maximum atomic E-state index is 12.7. The van der Waals surface area contributed by atoms with Gasteiger partial charge in [-0.3, -0.25) is 4.79 Å². The van der Waals surface area contributed by atoms with E-state index in [4.69, 9.17) is 13.9 Å². The normalized spacial score (nSPS) is 10.8. The van der Waals surface area contributed by atoms with Crippen molar-refractivity contribution in [1.29, 1.82) is 0 Å². The van der Waals surface area contributed by atoms with E-state index in [1.807, 2.05) is 31.2 Å². The molecule has 1 amide bonds. The smallest absolute Gasteiger partial charge is 0.341 e. The first-order chi connectivity index (χ1) is 16.6. The number of tetrazole rings is 1. The van der Waals surface area contributed by atoms with Gasteiger partial charge in [0, 0.05) is 10.9 Å². The van der Waals surface area contributed by atoms with Gasteiger partial charge in [0.25, 0.3) is 0 Å². The second-order valence-corrected chi connectivity index (χ2v) is 8.48. The van der Waals surface area contributed by atoms with Crippen molar-refractivity contribution in [3.05, 3.63) is 53.6 Å². The van der Waals surface area contributed by atoms with Gasteiger partial charge in [-0.1, -0.05) is 23.9 Å². The van der Waals surface area contributed by atoms with E-state index < -0.39 is 5.97 Å². The molecule has 0 atom stereocenters. The molecule has 4 rings (SSSR count). The highest BCUT2D eigenvalue weighted by molar-refractivity contribution is 7.99. The minimum atomic E-state index is -0.533. The quantitative estimate of drug-likeness (QED) is 0.251. The van der Waals surface area contributed by atoms with E-state index in [2.05, 4.69) is 20.8 Å². The number of furan rings is 1. The highest BCUT2D eigenvalue weighted by Gasteiger charge is 2.24.